The monoisotopic (exact) mass is 356 g/mol. The van der Waals surface area contributed by atoms with Crippen LogP contribution in [-0.2, 0) is 16.4 Å². The summed E-state index contributed by atoms with van der Waals surface area (Å²) in [6.07, 6.45) is 2.04. The highest BCUT2D eigenvalue weighted by Gasteiger charge is 2.51. The third-order valence-electron chi connectivity index (χ3n) is 5.69. The van der Waals surface area contributed by atoms with Gasteiger partial charge in [-0.15, -0.1) is 10.2 Å². The first-order chi connectivity index (χ1) is 12.2. The molecule has 1 aromatic carbocycles. The number of hydrogen-bond acceptors (Lipinski definition) is 6. The van der Waals surface area contributed by atoms with Gasteiger partial charge in [0.15, 0.2) is 5.82 Å². The number of aryl methyl sites for hydroxylation is 1. The van der Waals surface area contributed by atoms with Crippen molar-refractivity contribution < 1.29 is 14.0 Å². The molecule has 1 saturated carbocycles. The number of rotatable bonds is 4. The average Bonchev–Trinajstić information content (AvgIpc) is 3.04. The lowest BCUT2D eigenvalue weighted by Gasteiger charge is -2.33. The molecular weight excluding hydrogens is 331 g/mol. The van der Waals surface area contributed by atoms with Crippen molar-refractivity contribution in [2.45, 2.75) is 63.8 Å². The molecular formula is C18H25BN4O3. The van der Waals surface area contributed by atoms with Gasteiger partial charge in [-0.1, -0.05) is 12.1 Å². The van der Waals surface area contributed by atoms with Crippen LogP contribution in [0.5, 0.6) is 5.75 Å². The fraction of sp³-hybridized carbons (Fsp3) is 0.611. The van der Waals surface area contributed by atoms with E-state index in [1.54, 1.807) is 7.05 Å². The van der Waals surface area contributed by atoms with Gasteiger partial charge in [0.05, 0.1) is 18.2 Å². The van der Waals surface area contributed by atoms with Crippen molar-refractivity contribution in [1.29, 1.82) is 0 Å². The Morgan fingerprint density at radius 1 is 1.08 bits per heavy atom. The minimum Gasteiger partial charge on any atom is -0.490 e. The number of ether oxygens (including phenoxy) is 1. The van der Waals surface area contributed by atoms with E-state index in [1.807, 2.05) is 24.3 Å². The predicted molar refractivity (Wildman–Crippen MR) is 97.3 cm³/mol. The molecule has 2 aromatic rings. The Morgan fingerprint density at radius 3 is 2.23 bits per heavy atom. The summed E-state index contributed by atoms with van der Waals surface area (Å²) in [5.74, 6) is 2.02. The first-order valence-corrected chi connectivity index (χ1v) is 9.10. The van der Waals surface area contributed by atoms with Crippen molar-refractivity contribution in [1.82, 2.24) is 20.2 Å². The summed E-state index contributed by atoms with van der Waals surface area (Å²) < 4.78 is 18.2. The Balaban J connectivity index is 1.33. The first kappa shape index (κ1) is 17.5. The maximum atomic E-state index is 6.08. The molecule has 1 aliphatic carbocycles. The minimum atomic E-state index is -0.343. The summed E-state index contributed by atoms with van der Waals surface area (Å²) in [4.78, 5) is 1.50. The van der Waals surface area contributed by atoms with Gasteiger partial charge in [-0.2, -0.15) is 4.80 Å². The molecule has 2 aliphatic rings. The lowest BCUT2D eigenvalue weighted by molar-refractivity contribution is 0.00578. The summed E-state index contributed by atoms with van der Waals surface area (Å²) in [5.41, 5.74) is 0.343. The van der Waals surface area contributed by atoms with Crippen LogP contribution in [0.25, 0.3) is 0 Å². The Morgan fingerprint density at radius 2 is 1.69 bits per heavy atom. The van der Waals surface area contributed by atoms with Crippen molar-refractivity contribution in [3.63, 3.8) is 0 Å². The number of aromatic nitrogens is 4. The van der Waals surface area contributed by atoms with Crippen molar-refractivity contribution in [3.8, 4) is 5.75 Å². The van der Waals surface area contributed by atoms with Crippen LogP contribution in [0.4, 0.5) is 0 Å². The summed E-state index contributed by atoms with van der Waals surface area (Å²) in [6, 6.07) is 7.98. The van der Waals surface area contributed by atoms with Gasteiger partial charge in [-0.25, -0.2) is 0 Å². The van der Waals surface area contributed by atoms with E-state index in [9.17, 15) is 0 Å². The summed E-state index contributed by atoms with van der Waals surface area (Å²) in [7, 11) is 1.44. The van der Waals surface area contributed by atoms with Gasteiger partial charge in [-0.05, 0) is 63.3 Å². The van der Waals surface area contributed by atoms with Crippen molar-refractivity contribution in [2.75, 3.05) is 0 Å². The molecule has 138 valence electrons. The van der Waals surface area contributed by atoms with Crippen LogP contribution in [0.2, 0.25) is 0 Å². The van der Waals surface area contributed by atoms with Gasteiger partial charge >= 0.3 is 7.12 Å². The van der Waals surface area contributed by atoms with Crippen LogP contribution in [0.15, 0.2) is 24.3 Å². The molecule has 1 aliphatic heterocycles. The number of tetrazole rings is 1. The summed E-state index contributed by atoms with van der Waals surface area (Å²) >= 11 is 0. The molecule has 0 amide bonds. The van der Waals surface area contributed by atoms with E-state index >= 15 is 0 Å². The Bertz CT molecular complexity index is 768. The average molecular weight is 356 g/mol. The van der Waals surface area contributed by atoms with E-state index in [0.717, 1.165) is 29.9 Å². The number of hydrogen-bond donors (Lipinski definition) is 0. The zero-order chi connectivity index (χ0) is 18.5. The van der Waals surface area contributed by atoms with Crippen molar-refractivity contribution >= 4 is 12.6 Å². The molecule has 26 heavy (non-hydrogen) atoms. The largest absolute Gasteiger partial charge is 0.494 e. The molecule has 1 saturated heterocycles. The summed E-state index contributed by atoms with van der Waals surface area (Å²) in [6.45, 7) is 8.24. The quantitative estimate of drug-likeness (QED) is 0.779. The normalized spacial score (nSPS) is 26.6. The lowest BCUT2D eigenvalue weighted by Crippen LogP contribution is -2.41. The van der Waals surface area contributed by atoms with E-state index in [4.69, 9.17) is 14.0 Å². The second kappa shape index (κ2) is 6.06. The molecule has 0 atom stereocenters. The lowest BCUT2D eigenvalue weighted by atomic mass is 9.79. The summed E-state index contributed by atoms with van der Waals surface area (Å²) in [5, 5.41) is 12.2. The van der Waals surface area contributed by atoms with Crippen LogP contribution >= 0.6 is 0 Å². The van der Waals surface area contributed by atoms with E-state index in [2.05, 4.69) is 43.1 Å². The third kappa shape index (κ3) is 3.12. The number of nitrogens with zero attached hydrogens (tertiary/aromatic N) is 4. The van der Waals surface area contributed by atoms with Crippen LogP contribution in [-0.4, -0.2) is 44.6 Å². The highest BCUT2D eigenvalue weighted by molar-refractivity contribution is 6.62. The maximum Gasteiger partial charge on any atom is 0.494 e. The topological polar surface area (TPSA) is 71.3 Å². The molecule has 0 N–H and O–H groups in total. The van der Waals surface area contributed by atoms with Crippen molar-refractivity contribution in [2.24, 2.45) is 7.05 Å². The second-order valence-electron chi connectivity index (χ2n) is 8.20. The molecule has 0 bridgehead atoms. The fourth-order valence-corrected chi connectivity index (χ4v) is 3.21. The minimum absolute atomic E-state index is 0.200. The smallest absolute Gasteiger partial charge is 0.490 e. The zero-order valence-electron chi connectivity index (χ0n) is 16.0. The zero-order valence-corrected chi connectivity index (χ0v) is 16.0. The molecule has 7 nitrogen and oxygen atoms in total. The first-order valence-electron chi connectivity index (χ1n) is 9.10. The van der Waals surface area contributed by atoms with Crippen LogP contribution in [0.1, 0.15) is 52.3 Å². The molecule has 2 fully saturated rings. The number of benzene rings is 1. The van der Waals surface area contributed by atoms with Crippen molar-refractivity contribution in [3.05, 3.63) is 30.1 Å². The van der Waals surface area contributed by atoms with E-state index in [1.165, 1.54) is 4.80 Å². The third-order valence-corrected chi connectivity index (χ3v) is 5.69. The van der Waals surface area contributed by atoms with E-state index < -0.39 is 0 Å². The maximum absolute atomic E-state index is 6.08. The fourth-order valence-electron chi connectivity index (χ4n) is 3.21. The molecule has 2 heterocycles. The molecule has 0 radical (unpaired) electrons. The van der Waals surface area contributed by atoms with Gasteiger partial charge in [0, 0.05) is 5.92 Å². The molecule has 0 spiro atoms. The highest BCUT2D eigenvalue weighted by atomic mass is 16.7. The SMILES string of the molecule is Cn1nnc(C2CC(Oc3ccc(B4OC(C)(C)C(C)(C)O4)cc3)C2)n1. The standard InChI is InChI=1S/C18H25BN4O3/c1-17(2)18(3,4)26-19(25-17)13-6-8-14(9-7-13)24-15-10-12(11-15)16-20-22-23(5)21-16/h6-9,12,15H,10-11H2,1-5H3. The van der Waals surface area contributed by atoms with Gasteiger partial charge < -0.3 is 14.0 Å². The van der Waals surface area contributed by atoms with Gasteiger partial charge in [0.25, 0.3) is 0 Å². The van der Waals surface area contributed by atoms with Gasteiger partial charge in [0.2, 0.25) is 0 Å². The molecule has 8 heteroatoms. The van der Waals surface area contributed by atoms with Gasteiger partial charge in [0.1, 0.15) is 11.9 Å². The van der Waals surface area contributed by atoms with E-state index in [0.29, 0.717) is 5.92 Å². The molecule has 4 rings (SSSR count). The van der Waals surface area contributed by atoms with Gasteiger partial charge in [-0.3, -0.25) is 0 Å². The molecule has 0 unspecified atom stereocenters. The second-order valence-corrected chi connectivity index (χ2v) is 8.20. The highest BCUT2D eigenvalue weighted by Crippen LogP contribution is 2.38. The Labute approximate surface area is 154 Å². The van der Waals surface area contributed by atoms with Crippen LogP contribution < -0.4 is 10.2 Å². The van der Waals surface area contributed by atoms with Crippen LogP contribution in [0.3, 0.4) is 0 Å². The molecule has 1 aromatic heterocycles. The Kier molecular flexibility index (Phi) is 4.08. The van der Waals surface area contributed by atoms with E-state index in [-0.39, 0.29) is 24.4 Å². The van der Waals surface area contributed by atoms with Crippen LogP contribution in [0, 0.1) is 0 Å². The Hall–Kier alpha value is -1.93. The predicted octanol–water partition coefficient (Wildman–Crippen LogP) is 1.83.